The third kappa shape index (κ3) is 11.9. The Hall–Kier alpha value is 0.410. The molecule has 0 radical (unpaired) electrons. The zero-order chi connectivity index (χ0) is 16.8. The second-order valence-corrected chi connectivity index (χ2v) is 10.9. The minimum absolute atomic E-state index is 0.153. The molecular formula is C13H21NO3S5. The highest BCUT2D eigenvalue weighted by Crippen LogP contribution is 2.34. The van der Waals surface area contributed by atoms with E-state index >= 15 is 0 Å². The molecule has 0 spiro atoms. The summed E-state index contributed by atoms with van der Waals surface area (Å²) in [6.07, 6.45) is 0.634. The Balaban J connectivity index is 3.94. The Kier molecular flexibility index (Phi) is 14.1. The Morgan fingerprint density at radius 2 is 2.09 bits per heavy atom. The molecule has 9 heteroatoms. The first-order chi connectivity index (χ1) is 10.5. The van der Waals surface area contributed by atoms with Crippen molar-refractivity contribution in [1.29, 1.82) is 5.26 Å². The van der Waals surface area contributed by atoms with Crippen molar-refractivity contribution in [3.63, 3.8) is 0 Å². The smallest absolute Gasteiger partial charge is 0.305 e. The summed E-state index contributed by atoms with van der Waals surface area (Å²) in [5, 5.41) is 17.9. The van der Waals surface area contributed by atoms with Gasteiger partial charge >= 0.3 is 5.97 Å². The third-order valence-electron chi connectivity index (χ3n) is 2.30. The summed E-state index contributed by atoms with van der Waals surface area (Å²) in [5.41, 5.74) is 0. The second kappa shape index (κ2) is 13.8. The van der Waals surface area contributed by atoms with E-state index in [1.807, 2.05) is 6.92 Å². The van der Waals surface area contributed by atoms with Gasteiger partial charge in [0.25, 0.3) is 0 Å². The van der Waals surface area contributed by atoms with Crippen LogP contribution < -0.4 is 0 Å². The Morgan fingerprint density at radius 1 is 1.41 bits per heavy atom. The highest BCUT2D eigenvalue weighted by atomic mass is 33.1. The fraction of sp³-hybridized carbons (Fsp3) is 0.769. The number of carbonyl (C=O) groups excluding carboxylic acids is 1. The van der Waals surface area contributed by atoms with Gasteiger partial charge in [-0.25, -0.2) is 0 Å². The Labute approximate surface area is 154 Å². The topological polar surface area (TPSA) is 70.3 Å². The molecule has 0 aliphatic rings. The Bertz CT molecular complexity index is 388. The van der Waals surface area contributed by atoms with E-state index in [1.165, 1.54) is 23.5 Å². The highest BCUT2D eigenvalue weighted by molar-refractivity contribution is 8.76. The van der Waals surface area contributed by atoms with Crippen molar-refractivity contribution in [3.8, 4) is 6.07 Å². The average Bonchev–Trinajstić information content (AvgIpc) is 2.49. The van der Waals surface area contributed by atoms with Crippen LogP contribution in [-0.4, -0.2) is 49.8 Å². The first kappa shape index (κ1) is 22.4. The number of esters is 1. The normalized spacial score (nSPS) is 13.2. The third-order valence-corrected chi connectivity index (χ3v) is 7.29. The monoisotopic (exact) mass is 399 g/mol. The number of hydrogen-bond acceptors (Lipinski definition) is 9. The number of nitrogens with zero attached hydrogens (tertiary/aromatic N) is 1. The molecule has 1 atom stereocenters. The number of aliphatic hydroxyl groups excluding tert-OH is 1. The standard InChI is InChI=1S/C13H21NO3S5/c1-3-19-12(18)22-13(2,10-14)5-4-11(16)17-7-9-21-20-8-6-15/h15H,3-9H2,1-2H3. The maximum atomic E-state index is 11.7. The maximum Gasteiger partial charge on any atom is 0.305 e. The van der Waals surface area contributed by atoms with Crippen molar-refractivity contribution in [2.75, 3.05) is 30.5 Å². The van der Waals surface area contributed by atoms with E-state index in [4.69, 9.17) is 22.1 Å². The van der Waals surface area contributed by atoms with Crippen LogP contribution in [0.3, 0.4) is 0 Å². The molecule has 0 aliphatic heterocycles. The average molecular weight is 400 g/mol. The number of carbonyl (C=O) groups is 1. The van der Waals surface area contributed by atoms with Gasteiger partial charge in [-0.15, -0.1) is 11.8 Å². The van der Waals surface area contributed by atoms with Crippen LogP contribution in [0.2, 0.25) is 0 Å². The summed E-state index contributed by atoms with van der Waals surface area (Å²) in [6, 6.07) is 2.24. The molecule has 1 N–H and O–H groups in total. The van der Waals surface area contributed by atoms with E-state index in [9.17, 15) is 10.1 Å². The van der Waals surface area contributed by atoms with Crippen LogP contribution in [-0.2, 0) is 9.53 Å². The number of aliphatic hydroxyl groups is 1. The molecule has 0 aromatic carbocycles. The van der Waals surface area contributed by atoms with E-state index < -0.39 is 4.75 Å². The molecule has 0 aromatic heterocycles. The zero-order valence-corrected chi connectivity index (χ0v) is 16.8. The summed E-state index contributed by atoms with van der Waals surface area (Å²) in [7, 11) is 3.11. The molecule has 0 saturated carbocycles. The molecule has 0 amide bonds. The summed E-state index contributed by atoms with van der Waals surface area (Å²) in [4.78, 5) is 11.7. The maximum absolute atomic E-state index is 11.7. The fourth-order valence-corrected chi connectivity index (χ4v) is 5.71. The van der Waals surface area contributed by atoms with Gasteiger partial charge in [-0.2, -0.15) is 5.26 Å². The van der Waals surface area contributed by atoms with Gasteiger partial charge < -0.3 is 9.84 Å². The highest BCUT2D eigenvalue weighted by Gasteiger charge is 2.27. The van der Waals surface area contributed by atoms with Gasteiger partial charge in [0.05, 0.1) is 12.7 Å². The van der Waals surface area contributed by atoms with Crippen molar-refractivity contribution in [2.45, 2.75) is 31.4 Å². The summed E-state index contributed by atoms with van der Waals surface area (Å²) < 4.78 is 5.17. The molecule has 0 bridgehead atoms. The van der Waals surface area contributed by atoms with Gasteiger partial charge in [-0.05, 0) is 19.1 Å². The van der Waals surface area contributed by atoms with Gasteiger partial charge in [-0.1, -0.05) is 52.5 Å². The summed E-state index contributed by atoms with van der Waals surface area (Å²) >= 11 is 8.08. The molecule has 0 saturated heterocycles. The van der Waals surface area contributed by atoms with E-state index in [0.29, 0.717) is 24.5 Å². The lowest BCUT2D eigenvalue weighted by atomic mass is 10.1. The molecule has 4 nitrogen and oxygen atoms in total. The van der Waals surface area contributed by atoms with Crippen LogP contribution in [0.4, 0.5) is 0 Å². The predicted molar refractivity (Wildman–Crippen MR) is 105 cm³/mol. The molecule has 0 aromatic rings. The van der Waals surface area contributed by atoms with Gasteiger partial charge in [-0.3, -0.25) is 4.79 Å². The van der Waals surface area contributed by atoms with E-state index in [2.05, 4.69) is 6.07 Å². The number of rotatable bonds is 11. The molecule has 0 fully saturated rings. The number of ether oxygens (including phenoxy) is 1. The largest absolute Gasteiger partial charge is 0.465 e. The SMILES string of the molecule is CCSC(=S)SC(C)(C#N)CCC(=O)OCCSSCCO. The quantitative estimate of drug-likeness (QED) is 0.242. The number of thiocarbonyl (C=S) groups is 1. The van der Waals surface area contributed by atoms with Crippen LogP contribution in [0.25, 0.3) is 0 Å². The van der Waals surface area contributed by atoms with Crippen LogP contribution in [0.1, 0.15) is 26.7 Å². The number of hydrogen-bond donors (Lipinski definition) is 1. The fourth-order valence-electron chi connectivity index (χ4n) is 1.22. The van der Waals surface area contributed by atoms with Gasteiger partial charge in [0.1, 0.15) is 14.9 Å². The number of thioether (sulfide) groups is 2. The lowest BCUT2D eigenvalue weighted by Crippen LogP contribution is -2.21. The molecule has 0 rings (SSSR count). The molecule has 22 heavy (non-hydrogen) atoms. The molecule has 0 heterocycles. The minimum Gasteiger partial charge on any atom is -0.465 e. The van der Waals surface area contributed by atoms with E-state index in [1.54, 1.807) is 28.5 Å². The Morgan fingerprint density at radius 3 is 2.68 bits per heavy atom. The van der Waals surface area contributed by atoms with Gasteiger partial charge in [0.15, 0.2) is 0 Å². The lowest BCUT2D eigenvalue weighted by molar-refractivity contribution is -0.143. The molecule has 126 valence electrons. The minimum atomic E-state index is -0.690. The van der Waals surface area contributed by atoms with Crippen molar-refractivity contribution >= 4 is 66.8 Å². The van der Waals surface area contributed by atoms with Crippen LogP contribution in [0, 0.1) is 11.3 Å². The van der Waals surface area contributed by atoms with Gasteiger partial charge in [0.2, 0.25) is 0 Å². The van der Waals surface area contributed by atoms with Gasteiger partial charge in [0, 0.05) is 17.9 Å². The molecular weight excluding hydrogens is 378 g/mol. The van der Waals surface area contributed by atoms with Crippen LogP contribution >= 0.6 is 57.3 Å². The first-order valence-corrected chi connectivity index (χ1v) is 11.4. The first-order valence-electron chi connectivity index (χ1n) is 6.75. The summed E-state index contributed by atoms with van der Waals surface area (Å²) in [6.45, 7) is 4.31. The predicted octanol–water partition coefficient (Wildman–Crippen LogP) is 3.74. The van der Waals surface area contributed by atoms with Crippen LogP contribution in [0.5, 0.6) is 0 Å². The van der Waals surface area contributed by atoms with Crippen LogP contribution in [0.15, 0.2) is 0 Å². The van der Waals surface area contributed by atoms with Crippen molar-refractivity contribution in [2.24, 2.45) is 0 Å². The molecule has 0 aliphatic carbocycles. The zero-order valence-electron chi connectivity index (χ0n) is 12.7. The second-order valence-electron chi connectivity index (χ2n) is 4.22. The number of nitriles is 1. The lowest BCUT2D eigenvalue weighted by Gasteiger charge is -2.20. The van der Waals surface area contributed by atoms with Crippen molar-refractivity contribution in [1.82, 2.24) is 0 Å². The van der Waals surface area contributed by atoms with Crippen molar-refractivity contribution < 1.29 is 14.6 Å². The molecule has 1 unspecified atom stereocenters. The van der Waals surface area contributed by atoms with E-state index in [-0.39, 0.29) is 19.0 Å². The van der Waals surface area contributed by atoms with Crippen molar-refractivity contribution in [3.05, 3.63) is 0 Å². The summed E-state index contributed by atoms with van der Waals surface area (Å²) in [5.74, 6) is 1.95. The van der Waals surface area contributed by atoms with E-state index in [0.717, 1.165) is 9.28 Å².